The molecule has 4 rings (SSSR count). The summed E-state index contributed by atoms with van der Waals surface area (Å²) in [5.41, 5.74) is 0.658. The zero-order valence-electron chi connectivity index (χ0n) is 15.0. The Morgan fingerprint density at radius 2 is 1.78 bits per heavy atom. The molecule has 7 heteroatoms. The Labute approximate surface area is 158 Å². The van der Waals surface area contributed by atoms with Gasteiger partial charge >= 0.3 is 0 Å². The van der Waals surface area contributed by atoms with Crippen molar-refractivity contribution in [2.45, 2.75) is 43.3 Å². The molecular formula is C20H21NO5S. The molecular weight excluding hydrogens is 366 g/mol. The molecule has 1 spiro atoms. The van der Waals surface area contributed by atoms with Crippen LogP contribution in [0.3, 0.4) is 0 Å². The number of carbonyl (C=O) groups excluding carboxylic acids is 1. The number of fused-ring (bicyclic) bond motifs is 1. The lowest BCUT2D eigenvalue weighted by molar-refractivity contribution is -0.0716. The summed E-state index contributed by atoms with van der Waals surface area (Å²) in [7, 11) is -3.50. The molecule has 0 saturated heterocycles. The van der Waals surface area contributed by atoms with Gasteiger partial charge in [0.15, 0.2) is 21.3 Å². The molecule has 27 heavy (non-hydrogen) atoms. The third kappa shape index (κ3) is 3.27. The number of rotatable bonds is 4. The standard InChI is InChI=1S/C20H21NO5S/c1-2-27(23,24)18-8-4-3-7-15(18)19(22)21-14-9-10-16-17(13-14)26-20(25-16)11-5-6-12-20/h3-4,7-10,13H,2,5-6,11-12H2,1H3,(H,21,22). The summed E-state index contributed by atoms with van der Waals surface area (Å²) in [4.78, 5) is 12.7. The highest BCUT2D eigenvalue weighted by atomic mass is 32.2. The molecule has 0 radical (unpaired) electrons. The highest BCUT2D eigenvalue weighted by Gasteiger charge is 2.44. The van der Waals surface area contributed by atoms with Gasteiger partial charge in [0.1, 0.15) is 0 Å². The Kier molecular flexibility index (Phi) is 4.34. The maximum Gasteiger partial charge on any atom is 0.256 e. The first-order valence-corrected chi connectivity index (χ1v) is 10.7. The first kappa shape index (κ1) is 17.9. The number of carbonyl (C=O) groups is 1. The zero-order valence-corrected chi connectivity index (χ0v) is 15.8. The van der Waals surface area contributed by atoms with Crippen LogP contribution in [0.1, 0.15) is 43.0 Å². The summed E-state index contributed by atoms with van der Waals surface area (Å²) in [6, 6.07) is 11.4. The van der Waals surface area contributed by atoms with Crippen LogP contribution >= 0.6 is 0 Å². The van der Waals surface area contributed by atoms with Crippen LogP contribution in [-0.2, 0) is 9.84 Å². The molecule has 2 aromatic carbocycles. The van der Waals surface area contributed by atoms with Crippen LogP contribution in [0.2, 0.25) is 0 Å². The molecule has 1 aliphatic heterocycles. The Bertz CT molecular complexity index is 993. The molecule has 1 amide bonds. The molecule has 1 heterocycles. The lowest BCUT2D eigenvalue weighted by Crippen LogP contribution is -2.34. The van der Waals surface area contributed by atoms with Gasteiger partial charge in [-0.3, -0.25) is 4.79 Å². The van der Waals surface area contributed by atoms with Crippen LogP contribution in [0.15, 0.2) is 47.4 Å². The van der Waals surface area contributed by atoms with Gasteiger partial charge in [0.2, 0.25) is 0 Å². The SMILES string of the molecule is CCS(=O)(=O)c1ccccc1C(=O)Nc1ccc2c(c1)OC1(CCCC1)O2. The summed E-state index contributed by atoms with van der Waals surface area (Å²) in [6.45, 7) is 1.56. The highest BCUT2D eigenvalue weighted by molar-refractivity contribution is 7.91. The summed E-state index contributed by atoms with van der Waals surface area (Å²) in [5.74, 6) is 0.168. The lowest BCUT2D eigenvalue weighted by Gasteiger charge is -2.21. The Balaban J connectivity index is 1.58. The van der Waals surface area contributed by atoms with Gasteiger partial charge in [-0.25, -0.2) is 8.42 Å². The van der Waals surface area contributed by atoms with Crippen LogP contribution in [0.5, 0.6) is 11.5 Å². The summed E-state index contributed by atoms with van der Waals surface area (Å²) in [6.07, 6.45) is 3.85. The van der Waals surface area contributed by atoms with Crippen molar-refractivity contribution in [1.29, 1.82) is 0 Å². The highest BCUT2D eigenvalue weighted by Crippen LogP contribution is 2.47. The van der Waals surface area contributed by atoms with E-state index in [1.54, 1.807) is 37.3 Å². The normalized spacial score (nSPS) is 17.2. The number of nitrogens with one attached hydrogen (secondary N) is 1. The minimum Gasteiger partial charge on any atom is -0.448 e. The Hall–Kier alpha value is -2.54. The van der Waals surface area contributed by atoms with Crippen LogP contribution in [0.25, 0.3) is 0 Å². The number of ether oxygens (including phenoxy) is 2. The van der Waals surface area contributed by atoms with E-state index in [4.69, 9.17) is 9.47 Å². The number of amides is 1. The fourth-order valence-electron chi connectivity index (χ4n) is 3.57. The van der Waals surface area contributed by atoms with E-state index < -0.39 is 21.5 Å². The van der Waals surface area contributed by atoms with Crippen LogP contribution in [0.4, 0.5) is 5.69 Å². The van der Waals surface area contributed by atoms with E-state index in [1.807, 2.05) is 0 Å². The molecule has 0 bridgehead atoms. The van der Waals surface area contributed by atoms with Crippen molar-refractivity contribution in [3.8, 4) is 11.5 Å². The van der Waals surface area contributed by atoms with E-state index in [2.05, 4.69) is 5.32 Å². The monoisotopic (exact) mass is 387 g/mol. The van der Waals surface area contributed by atoms with Crippen molar-refractivity contribution < 1.29 is 22.7 Å². The maximum absolute atomic E-state index is 12.7. The second-order valence-corrected chi connectivity index (χ2v) is 9.08. The van der Waals surface area contributed by atoms with Crippen molar-refractivity contribution in [2.24, 2.45) is 0 Å². The first-order valence-electron chi connectivity index (χ1n) is 9.08. The molecule has 0 aromatic heterocycles. The smallest absolute Gasteiger partial charge is 0.256 e. The predicted octanol–water partition coefficient (Wildman–Crippen LogP) is 3.77. The van der Waals surface area contributed by atoms with Gasteiger partial charge in [0.25, 0.3) is 11.7 Å². The molecule has 0 unspecified atom stereocenters. The molecule has 1 aliphatic carbocycles. The Morgan fingerprint density at radius 3 is 2.52 bits per heavy atom. The first-order chi connectivity index (χ1) is 12.9. The van der Waals surface area contributed by atoms with Gasteiger partial charge in [-0.2, -0.15) is 0 Å². The molecule has 0 atom stereocenters. The van der Waals surface area contributed by atoms with E-state index >= 15 is 0 Å². The molecule has 1 saturated carbocycles. The van der Waals surface area contributed by atoms with Crippen molar-refractivity contribution in [1.82, 2.24) is 0 Å². The van der Waals surface area contributed by atoms with E-state index in [9.17, 15) is 13.2 Å². The number of benzene rings is 2. The minimum absolute atomic E-state index is 0.0376. The van der Waals surface area contributed by atoms with Crippen LogP contribution < -0.4 is 14.8 Å². The van der Waals surface area contributed by atoms with Crippen molar-refractivity contribution in [2.75, 3.05) is 11.1 Å². The van der Waals surface area contributed by atoms with Gasteiger partial charge in [0.05, 0.1) is 16.2 Å². The van der Waals surface area contributed by atoms with Gasteiger partial charge < -0.3 is 14.8 Å². The van der Waals surface area contributed by atoms with E-state index in [0.29, 0.717) is 17.2 Å². The summed E-state index contributed by atoms with van der Waals surface area (Å²) in [5, 5.41) is 2.76. The number of hydrogen-bond donors (Lipinski definition) is 1. The largest absolute Gasteiger partial charge is 0.448 e. The van der Waals surface area contributed by atoms with Gasteiger partial charge in [0, 0.05) is 24.6 Å². The summed E-state index contributed by atoms with van der Waals surface area (Å²) < 4.78 is 36.5. The van der Waals surface area contributed by atoms with Crippen molar-refractivity contribution >= 4 is 21.4 Å². The number of sulfone groups is 1. The molecule has 1 fully saturated rings. The maximum atomic E-state index is 12.7. The van der Waals surface area contributed by atoms with Crippen LogP contribution in [-0.4, -0.2) is 25.9 Å². The minimum atomic E-state index is -3.50. The summed E-state index contributed by atoms with van der Waals surface area (Å²) >= 11 is 0. The molecule has 2 aromatic rings. The van der Waals surface area contributed by atoms with Gasteiger partial charge in [-0.05, 0) is 37.1 Å². The second-order valence-electron chi connectivity index (χ2n) is 6.84. The van der Waals surface area contributed by atoms with E-state index in [0.717, 1.165) is 25.7 Å². The fraction of sp³-hybridized carbons (Fsp3) is 0.350. The number of hydrogen-bond acceptors (Lipinski definition) is 5. The average molecular weight is 387 g/mol. The third-order valence-electron chi connectivity index (χ3n) is 5.01. The third-order valence-corrected chi connectivity index (χ3v) is 6.79. The number of anilines is 1. The van der Waals surface area contributed by atoms with E-state index in [-0.39, 0.29) is 16.2 Å². The molecule has 6 nitrogen and oxygen atoms in total. The molecule has 2 aliphatic rings. The fourth-order valence-corrected chi connectivity index (χ4v) is 4.66. The van der Waals surface area contributed by atoms with Crippen LogP contribution in [0, 0.1) is 0 Å². The molecule has 142 valence electrons. The molecule has 1 N–H and O–H groups in total. The van der Waals surface area contributed by atoms with Crippen molar-refractivity contribution in [3.05, 3.63) is 48.0 Å². The van der Waals surface area contributed by atoms with Gasteiger partial charge in [-0.15, -0.1) is 0 Å². The quantitative estimate of drug-likeness (QED) is 0.863. The lowest BCUT2D eigenvalue weighted by atomic mass is 10.2. The van der Waals surface area contributed by atoms with Crippen molar-refractivity contribution in [3.63, 3.8) is 0 Å². The van der Waals surface area contributed by atoms with Gasteiger partial charge in [-0.1, -0.05) is 19.1 Å². The topological polar surface area (TPSA) is 81.7 Å². The zero-order chi connectivity index (χ0) is 19.1. The van der Waals surface area contributed by atoms with E-state index in [1.165, 1.54) is 12.1 Å². The predicted molar refractivity (Wildman–Crippen MR) is 101 cm³/mol. The Morgan fingerprint density at radius 1 is 1.07 bits per heavy atom. The average Bonchev–Trinajstić information content (AvgIpc) is 3.27. The second kappa shape index (κ2) is 6.56.